The third-order valence-corrected chi connectivity index (χ3v) is 8.73. The van der Waals surface area contributed by atoms with Crippen LogP contribution in [0.2, 0.25) is 0 Å². The highest BCUT2D eigenvalue weighted by atomic mass is 19.1. The zero-order chi connectivity index (χ0) is 23.8. The van der Waals surface area contributed by atoms with Crippen LogP contribution in [-0.4, -0.2) is 64.7 Å². The summed E-state index contributed by atoms with van der Waals surface area (Å²) in [5.41, 5.74) is 5.37. The maximum absolute atomic E-state index is 12.5. The highest BCUT2D eigenvalue weighted by Crippen LogP contribution is 2.45. The molecule has 4 heterocycles. The van der Waals surface area contributed by atoms with Gasteiger partial charge in [0, 0.05) is 61.1 Å². The molecule has 1 aliphatic carbocycles. The Bertz CT molecular complexity index is 1140. The predicted molar refractivity (Wildman–Crippen MR) is 141 cm³/mol. The zero-order valence-corrected chi connectivity index (χ0v) is 20.8. The summed E-state index contributed by atoms with van der Waals surface area (Å²) in [6, 6.07) is 14.5. The summed E-state index contributed by atoms with van der Waals surface area (Å²) in [4.78, 5) is 13.8. The first-order chi connectivity index (χ1) is 17.2. The van der Waals surface area contributed by atoms with Crippen LogP contribution in [0.25, 0.3) is 10.9 Å². The van der Waals surface area contributed by atoms with Crippen LogP contribution in [0.3, 0.4) is 0 Å². The molecule has 2 N–H and O–H groups in total. The van der Waals surface area contributed by atoms with Gasteiger partial charge in [0.05, 0.1) is 12.7 Å². The summed E-state index contributed by atoms with van der Waals surface area (Å²) >= 11 is 0. The number of H-pyrrole nitrogens is 1. The van der Waals surface area contributed by atoms with Crippen molar-refractivity contribution >= 4 is 16.7 Å². The van der Waals surface area contributed by atoms with E-state index in [1.807, 2.05) is 0 Å². The smallest absolute Gasteiger partial charge is 0.126 e. The summed E-state index contributed by atoms with van der Waals surface area (Å²) in [6.45, 7) is 6.08. The van der Waals surface area contributed by atoms with Crippen molar-refractivity contribution < 1.29 is 4.39 Å². The van der Waals surface area contributed by atoms with Gasteiger partial charge in [-0.25, -0.2) is 4.98 Å². The Balaban J connectivity index is 1.25. The van der Waals surface area contributed by atoms with Gasteiger partial charge in [0.15, 0.2) is 0 Å². The van der Waals surface area contributed by atoms with Crippen molar-refractivity contribution in [2.75, 3.05) is 38.2 Å². The molecule has 1 aromatic carbocycles. The average molecular weight is 476 g/mol. The third kappa shape index (κ3) is 4.36. The monoisotopic (exact) mass is 475 g/mol. The van der Waals surface area contributed by atoms with Gasteiger partial charge in [0.2, 0.25) is 0 Å². The van der Waals surface area contributed by atoms with Gasteiger partial charge in [-0.15, -0.1) is 0 Å². The van der Waals surface area contributed by atoms with E-state index in [0.29, 0.717) is 18.5 Å². The van der Waals surface area contributed by atoms with E-state index in [1.165, 1.54) is 47.0 Å². The minimum absolute atomic E-state index is 0.228. The molecule has 35 heavy (non-hydrogen) atoms. The van der Waals surface area contributed by atoms with Gasteiger partial charge < -0.3 is 15.2 Å². The number of halogens is 1. The standard InChI is InChI=1S/C29H38FN5/c1-2-20-8-10-26(20)35-17-13-24-23-6-3-4-7-25(23)33-28(24)29(35)21-9-11-27(31-18-21)32-22-12-16-34(19-22)15-5-14-30/h3-4,6-7,9,11,18,20,22,26,29,33H,2,5,8,10,12-17,19H2,1H3,(H,31,32). The molecule has 0 radical (unpaired) electrons. The van der Waals surface area contributed by atoms with Crippen molar-refractivity contribution in [2.24, 2.45) is 5.92 Å². The van der Waals surface area contributed by atoms with Crippen LogP contribution in [0.4, 0.5) is 10.2 Å². The summed E-state index contributed by atoms with van der Waals surface area (Å²) in [6.07, 6.45) is 8.84. The number of fused-ring (bicyclic) bond motifs is 3. The minimum Gasteiger partial charge on any atom is -0.366 e. The van der Waals surface area contributed by atoms with Crippen LogP contribution in [0, 0.1) is 5.92 Å². The van der Waals surface area contributed by atoms with Crippen LogP contribution < -0.4 is 5.32 Å². The molecule has 4 unspecified atom stereocenters. The highest BCUT2D eigenvalue weighted by molar-refractivity contribution is 5.85. The van der Waals surface area contributed by atoms with Gasteiger partial charge >= 0.3 is 0 Å². The lowest BCUT2D eigenvalue weighted by molar-refractivity contribution is 0.0306. The van der Waals surface area contributed by atoms with Gasteiger partial charge in [0.25, 0.3) is 0 Å². The average Bonchev–Trinajstić information content (AvgIpc) is 3.47. The maximum Gasteiger partial charge on any atom is 0.126 e. The summed E-state index contributed by atoms with van der Waals surface area (Å²) < 4.78 is 12.5. The number of hydrogen-bond acceptors (Lipinski definition) is 4. The number of nitrogens with zero attached hydrogens (tertiary/aromatic N) is 3. The largest absolute Gasteiger partial charge is 0.366 e. The molecule has 1 saturated carbocycles. The SMILES string of the molecule is CCC1CCC1N1CCc2c([nH]c3ccccc23)C1c1ccc(NC2CCN(CCCF)C2)nc1. The summed E-state index contributed by atoms with van der Waals surface area (Å²) in [5, 5.41) is 5.00. The molecule has 5 nitrogen and oxygen atoms in total. The van der Waals surface area contributed by atoms with E-state index in [-0.39, 0.29) is 12.7 Å². The van der Waals surface area contributed by atoms with Crippen LogP contribution in [0.1, 0.15) is 61.9 Å². The van der Waals surface area contributed by atoms with Crippen molar-refractivity contribution in [3.8, 4) is 0 Å². The molecule has 4 atom stereocenters. The number of rotatable bonds is 8. The normalized spacial score (nSPS) is 27.1. The summed E-state index contributed by atoms with van der Waals surface area (Å²) in [7, 11) is 0. The Kier molecular flexibility index (Phi) is 6.50. The molecule has 6 heteroatoms. The lowest BCUT2D eigenvalue weighted by atomic mass is 9.75. The Hall–Kier alpha value is -2.44. The molecule has 2 aromatic heterocycles. The second-order valence-electron chi connectivity index (χ2n) is 10.7. The fourth-order valence-corrected chi connectivity index (χ4v) is 6.74. The van der Waals surface area contributed by atoms with E-state index in [4.69, 9.17) is 4.98 Å². The van der Waals surface area contributed by atoms with E-state index in [9.17, 15) is 4.39 Å². The fourth-order valence-electron chi connectivity index (χ4n) is 6.74. The quantitative estimate of drug-likeness (QED) is 0.449. The van der Waals surface area contributed by atoms with E-state index < -0.39 is 0 Å². The second-order valence-corrected chi connectivity index (χ2v) is 10.7. The maximum atomic E-state index is 12.5. The first-order valence-corrected chi connectivity index (χ1v) is 13.6. The van der Waals surface area contributed by atoms with Crippen molar-refractivity contribution in [2.45, 2.75) is 63.6 Å². The number of aromatic amines is 1. The van der Waals surface area contributed by atoms with E-state index in [2.05, 4.69) is 69.6 Å². The molecule has 186 valence electrons. The molecule has 0 amide bonds. The molecule has 2 fully saturated rings. The van der Waals surface area contributed by atoms with Crippen LogP contribution in [-0.2, 0) is 6.42 Å². The zero-order valence-electron chi connectivity index (χ0n) is 20.8. The van der Waals surface area contributed by atoms with E-state index in [0.717, 1.165) is 50.8 Å². The van der Waals surface area contributed by atoms with Crippen LogP contribution in [0.15, 0.2) is 42.6 Å². The molecule has 2 aliphatic heterocycles. The number of aromatic nitrogens is 2. The molecule has 3 aromatic rings. The first kappa shape index (κ1) is 23.0. The number of likely N-dealkylation sites (tertiary alicyclic amines) is 1. The lowest BCUT2D eigenvalue weighted by Crippen LogP contribution is -2.51. The fraction of sp³-hybridized carbons (Fsp3) is 0.552. The Morgan fingerprint density at radius 2 is 2.03 bits per heavy atom. The number of benzene rings is 1. The van der Waals surface area contributed by atoms with Gasteiger partial charge in [-0.2, -0.15) is 0 Å². The molecule has 3 aliphatic rings. The number of alkyl halides is 1. The topological polar surface area (TPSA) is 47.2 Å². The molecule has 1 saturated heterocycles. The molecular formula is C29H38FN5. The molecular weight excluding hydrogens is 437 g/mol. The predicted octanol–water partition coefficient (Wildman–Crippen LogP) is 5.54. The Morgan fingerprint density at radius 1 is 1.11 bits per heavy atom. The van der Waals surface area contributed by atoms with Crippen LogP contribution >= 0.6 is 0 Å². The lowest BCUT2D eigenvalue weighted by Gasteiger charge is -2.49. The molecule has 0 bridgehead atoms. The van der Waals surface area contributed by atoms with Crippen molar-refractivity contribution in [3.05, 3.63) is 59.4 Å². The van der Waals surface area contributed by atoms with Gasteiger partial charge in [0.1, 0.15) is 5.82 Å². The number of anilines is 1. The Morgan fingerprint density at radius 3 is 2.80 bits per heavy atom. The van der Waals surface area contributed by atoms with E-state index >= 15 is 0 Å². The number of nitrogens with one attached hydrogen (secondary N) is 2. The number of para-hydroxylation sites is 1. The van der Waals surface area contributed by atoms with Gasteiger partial charge in [-0.05, 0) is 61.3 Å². The van der Waals surface area contributed by atoms with Crippen molar-refractivity contribution in [1.29, 1.82) is 0 Å². The Labute approximate surface area is 208 Å². The number of hydrogen-bond donors (Lipinski definition) is 2. The highest BCUT2D eigenvalue weighted by Gasteiger charge is 2.41. The van der Waals surface area contributed by atoms with Crippen LogP contribution in [0.5, 0.6) is 0 Å². The van der Waals surface area contributed by atoms with Crippen molar-refractivity contribution in [1.82, 2.24) is 19.8 Å². The number of pyridine rings is 1. The minimum atomic E-state index is -0.228. The third-order valence-electron chi connectivity index (χ3n) is 8.73. The van der Waals surface area contributed by atoms with Gasteiger partial charge in [-0.3, -0.25) is 9.29 Å². The molecule has 0 spiro atoms. The van der Waals surface area contributed by atoms with Gasteiger partial charge in [-0.1, -0.05) is 37.6 Å². The first-order valence-electron chi connectivity index (χ1n) is 13.6. The molecule has 6 rings (SSSR count). The summed E-state index contributed by atoms with van der Waals surface area (Å²) in [5.74, 6) is 1.75. The second kappa shape index (κ2) is 9.90. The van der Waals surface area contributed by atoms with Crippen molar-refractivity contribution in [3.63, 3.8) is 0 Å². The van der Waals surface area contributed by atoms with E-state index in [1.54, 1.807) is 0 Å².